The van der Waals surface area contributed by atoms with Gasteiger partial charge in [0.05, 0.1) is 13.5 Å². The van der Waals surface area contributed by atoms with Gasteiger partial charge in [0.1, 0.15) is 5.82 Å². The summed E-state index contributed by atoms with van der Waals surface area (Å²) in [4.78, 5) is 31.9. The number of carboxylic acids is 1. The van der Waals surface area contributed by atoms with Crippen LogP contribution >= 0.6 is 0 Å². The molecule has 0 amide bonds. The predicted molar refractivity (Wildman–Crippen MR) is 66.0 cm³/mol. The highest BCUT2D eigenvalue weighted by Crippen LogP contribution is 2.30. The molecule has 0 bridgehead atoms. The lowest BCUT2D eigenvalue weighted by Crippen LogP contribution is -2.29. The minimum Gasteiger partial charge on any atom is -0.481 e. The number of carboxylic acid groups (broad SMARTS) is 1. The van der Waals surface area contributed by atoms with Crippen molar-refractivity contribution < 1.29 is 19.4 Å². The summed E-state index contributed by atoms with van der Waals surface area (Å²) >= 11 is 0. The van der Waals surface area contributed by atoms with Gasteiger partial charge in [0.2, 0.25) is 5.82 Å². The number of carbonyl (C=O) groups is 2. The summed E-state index contributed by atoms with van der Waals surface area (Å²) < 4.78 is 4.57. The Balaban J connectivity index is 2.16. The van der Waals surface area contributed by atoms with E-state index in [1.165, 1.54) is 13.3 Å². The highest BCUT2D eigenvalue weighted by molar-refractivity contribution is 5.85. The van der Waals surface area contributed by atoms with Gasteiger partial charge in [-0.1, -0.05) is 0 Å². The van der Waals surface area contributed by atoms with Gasteiger partial charge < -0.3 is 14.7 Å². The van der Waals surface area contributed by atoms with Crippen LogP contribution in [0.4, 0.5) is 5.82 Å². The largest absolute Gasteiger partial charge is 0.481 e. The smallest absolute Gasteiger partial charge is 0.376 e. The van der Waals surface area contributed by atoms with E-state index in [1.54, 1.807) is 6.07 Å². The van der Waals surface area contributed by atoms with Crippen molar-refractivity contribution in [3.05, 3.63) is 18.1 Å². The van der Waals surface area contributed by atoms with Crippen molar-refractivity contribution in [3.8, 4) is 0 Å². The zero-order valence-corrected chi connectivity index (χ0v) is 10.6. The second kappa shape index (κ2) is 5.64. The Hall–Kier alpha value is -2.18. The summed E-state index contributed by atoms with van der Waals surface area (Å²) in [5, 5.41) is 8.76. The van der Waals surface area contributed by atoms with E-state index >= 15 is 0 Å². The van der Waals surface area contributed by atoms with E-state index in [4.69, 9.17) is 5.11 Å². The molecule has 0 radical (unpaired) electrons. The van der Waals surface area contributed by atoms with E-state index in [0.717, 1.165) is 12.8 Å². The van der Waals surface area contributed by atoms with Crippen LogP contribution < -0.4 is 4.90 Å². The Kier molecular flexibility index (Phi) is 3.94. The molecule has 7 heteroatoms. The van der Waals surface area contributed by atoms with Crippen LogP contribution in [0.1, 0.15) is 29.9 Å². The maximum Gasteiger partial charge on any atom is 0.376 e. The van der Waals surface area contributed by atoms with Crippen LogP contribution in [0.25, 0.3) is 0 Å². The Morgan fingerprint density at radius 1 is 1.53 bits per heavy atom. The molecular formula is C12H15N3O4. The summed E-state index contributed by atoms with van der Waals surface area (Å²) in [6, 6.07) is 1.98. The van der Waals surface area contributed by atoms with Gasteiger partial charge >= 0.3 is 11.9 Å². The third-order valence-electron chi connectivity index (χ3n) is 2.86. The molecule has 0 saturated heterocycles. The minimum absolute atomic E-state index is 0.0130. The van der Waals surface area contributed by atoms with Gasteiger partial charge in [-0.3, -0.25) is 4.79 Å². The van der Waals surface area contributed by atoms with E-state index in [2.05, 4.69) is 14.7 Å². The molecule has 7 nitrogen and oxygen atoms in total. The molecule has 1 saturated carbocycles. The predicted octanol–water partition coefficient (Wildman–Crippen LogP) is 0.707. The fourth-order valence-electron chi connectivity index (χ4n) is 1.79. The molecule has 1 aliphatic rings. The summed E-state index contributed by atoms with van der Waals surface area (Å²) in [5.41, 5.74) is 0. The van der Waals surface area contributed by atoms with Crippen molar-refractivity contribution >= 4 is 17.8 Å². The van der Waals surface area contributed by atoms with Crippen LogP contribution in [0.2, 0.25) is 0 Å². The van der Waals surface area contributed by atoms with E-state index < -0.39 is 11.9 Å². The first kappa shape index (κ1) is 13.3. The van der Waals surface area contributed by atoms with Crippen molar-refractivity contribution in [1.29, 1.82) is 0 Å². The minimum atomic E-state index is -0.854. The first-order valence-corrected chi connectivity index (χ1v) is 6.01. The van der Waals surface area contributed by atoms with Crippen molar-refractivity contribution in [2.45, 2.75) is 25.3 Å². The van der Waals surface area contributed by atoms with Crippen LogP contribution in [-0.4, -0.2) is 46.7 Å². The zero-order valence-electron chi connectivity index (χ0n) is 10.6. The van der Waals surface area contributed by atoms with Crippen LogP contribution in [-0.2, 0) is 9.53 Å². The summed E-state index contributed by atoms with van der Waals surface area (Å²) in [6.45, 7) is 0.373. The highest BCUT2D eigenvalue weighted by atomic mass is 16.5. The van der Waals surface area contributed by atoms with Crippen LogP contribution in [0, 0.1) is 0 Å². The Bertz CT molecular complexity index is 488. The number of esters is 1. The highest BCUT2D eigenvalue weighted by Gasteiger charge is 2.30. The average molecular weight is 265 g/mol. The summed E-state index contributed by atoms with van der Waals surface area (Å²) in [6.07, 6.45) is 3.53. The third-order valence-corrected chi connectivity index (χ3v) is 2.86. The first-order chi connectivity index (χ1) is 9.11. The van der Waals surface area contributed by atoms with Gasteiger partial charge in [-0.15, -0.1) is 0 Å². The van der Waals surface area contributed by atoms with Crippen molar-refractivity contribution in [3.63, 3.8) is 0 Å². The van der Waals surface area contributed by atoms with Crippen LogP contribution in [0.5, 0.6) is 0 Å². The van der Waals surface area contributed by atoms with Gasteiger partial charge in [-0.25, -0.2) is 14.8 Å². The molecule has 0 unspecified atom stereocenters. The number of methoxy groups -OCH3 is 1. The number of anilines is 1. The van der Waals surface area contributed by atoms with Gasteiger partial charge in [-0.05, 0) is 18.9 Å². The number of ether oxygens (including phenoxy) is 1. The second-order valence-corrected chi connectivity index (χ2v) is 4.30. The first-order valence-electron chi connectivity index (χ1n) is 6.01. The van der Waals surface area contributed by atoms with Gasteiger partial charge in [0.25, 0.3) is 0 Å². The number of aliphatic carboxylic acids is 1. The molecule has 2 rings (SSSR count). The lowest BCUT2D eigenvalue weighted by molar-refractivity contribution is -0.136. The molecule has 1 fully saturated rings. The van der Waals surface area contributed by atoms with Crippen molar-refractivity contribution in [2.75, 3.05) is 18.6 Å². The molecule has 0 spiro atoms. The Morgan fingerprint density at radius 3 is 2.84 bits per heavy atom. The van der Waals surface area contributed by atoms with Gasteiger partial charge in [0.15, 0.2) is 0 Å². The number of hydrogen-bond donors (Lipinski definition) is 1. The molecule has 1 aromatic heterocycles. The van der Waals surface area contributed by atoms with Crippen LogP contribution in [0.3, 0.4) is 0 Å². The molecule has 1 N–H and O–H groups in total. The zero-order chi connectivity index (χ0) is 13.8. The molecule has 0 aromatic carbocycles. The molecule has 0 atom stereocenters. The quantitative estimate of drug-likeness (QED) is 0.757. The Labute approximate surface area is 110 Å². The molecule has 1 heterocycles. The molecule has 102 valence electrons. The molecule has 0 aliphatic heterocycles. The fraction of sp³-hybridized carbons (Fsp3) is 0.500. The van der Waals surface area contributed by atoms with Gasteiger partial charge in [-0.2, -0.15) is 0 Å². The SMILES string of the molecule is COC(=O)c1nccc(N(CCC(=O)O)C2CC2)n1. The standard InChI is InChI=1S/C12H15N3O4/c1-19-12(18)11-13-6-4-9(14-11)15(8-2-3-8)7-5-10(16)17/h4,6,8H,2-3,5,7H2,1H3,(H,16,17). The van der Waals surface area contributed by atoms with Crippen LogP contribution in [0.15, 0.2) is 12.3 Å². The summed E-state index contributed by atoms with van der Waals surface area (Å²) in [5.74, 6) is -0.899. The summed E-state index contributed by atoms with van der Waals surface area (Å²) in [7, 11) is 1.27. The molecule has 1 aliphatic carbocycles. The monoisotopic (exact) mass is 265 g/mol. The topological polar surface area (TPSA) is 92.6 Å². The van der Waals surface area contributed by atoms with E-state index in [9.17, 15) is 9.59 Å². The molecular weight excluding hydrogens is 250 g/mol. The molecule has 1 aromatic rings. The molecule has 19 heavy (non-hydrogen) atoms. The third kappa shape index (κ3) is 3.40. The van der Waals surface area contributed by atoms with Crippen molar-refractivity contribution in [2.24, 2.45) is 0 Å². The average Bonchev–Trinajstić information content (AvgIpc) is 3.23. The van der Waals surface area contributed by atoms with E-state index in [1.807, 2.05) is 4.90 Å². The lowest BCUT2D eigenvalue weighted by Gasteiger charge is -2.22. The number of rotatable bonds is 6. The van der Waals surface area contributed by atoms with E-state index in [-0.39, 0.29) is 12.2 Å². The fourth-order valence-corrected chi connectivity index (χ4v) is 1.79. The number of nitrogens with zero attached hydrogens (tertiary/aromatic N) is 3. The normalized spacial score (nSPS) is 13.9. The second-order valence-electron chi connectivity index (χ2n) is 4.30. The maximum absolute atomic E-state index is 11.4. The number of carbonyl (C=O) groups excluding carboxylic acids is 1. The van der Waals surface area contributed by atoms with E-state index in [0.29, 0.717) is 18.4 Å². The number of aromatic nitrogens is 2. The maximum atomic E-state index is 11.4. The number of hydrogen-bond acceptors (Lipinski definition) is 6. The van der Waals surface area contributed by atoms with Crippen molar-refractivity contribution in [1.82, 2.24) is 9.97 Å². The lowest BCUT2D eigenvalue weighted by atomic mass is 10.3. The van der Waals surface area contributed by atoms with Gasteiger partial charge in [0, 0.05) is 18.8 Å². The Morgan fingerprint density at radius 2 is 2.26 bits per heavy atom.